The van der Waals surface area contributed by atoms with Crippen molar-refractivity contribution < 1.29 is 4.74 Å². The molecule has 0 aliphatic carbocycles. The fraction of sp³-hybridized carbons (Fsp3) is 0.308. The fourth-order valence-electron chi connectivity index (χ4n) is 1.51. The first-order chi connectivity index (χ1) is 8.38. The minimum Gasteiger partial charge on any atom is -0.371 e. The fourth-order valence-corrected chi connectivity index (χ4v) is 2.15. The highest BCUT2D eigenvalue weighted by molar-refractivity contribution is 7.09. The average Bonchev–Trinajstić information content (AvgIpc) is 2.83. The van der Waals surface area contributed by atoms with Crippen LogP contribution in [-0.2, 0) is 18.0 Å². The van der Waals surface area contributed by atoms with Crippen LogP contribution < -0.4 is 5.32 Å². The monoisotopic (exact) mass is 248 g/mol. The first-order valence-corrected chi connectivity index (χ1v) is 6.55. The second-order valence-corrected chi connectivity index (χ2v) is 4.68. The molecular formula is C13H16N2OS. The van der Waals surface area contributed by atoms with E-state index in [0.717, 1.165) is 17.9 Å². The highest BCUT2D eigenvalue weighted by Gasteiger charge is 1.98. The molecule has 0 unspecified atom stereocenters. The number of anilines is 1. The van der Waals surface area contributed by atoms with Gasteiger partial charge in [-0.05, 0) is 36.1 Å². The van der Waals surface area contributed by atoms with Gasteiger partial charge in [0, 0.05) is 17.6 Å². The molecule has 0 bridgehead atoms. The van der Waals surface area contributed by atoms with Crippen molar-refractivity contribution >= 4 is 17.2 Å². The van der Waals surface area contributed by atoms with Crippen LogP contribution in [0.25, 0.3) is 0 Å². The average molecular weight is 248 g/mol. The summed E-state index contributed by atoms with van der Waals surface area (Å²) in [6.45, 7) is 4.24. The van der Waals surface area contributed by atoms with E-state index in [0.29, 0.717) is 13.2 Å². The van der Waals surface area contributed by atoms with E-state index in [9.17, 15) is 0 Å². The summed E-state index contributed by atoms with van der Waals surface area (Å²) >= 11 is 1.72. The van der Waals surface area contributed by atoms with Crippen LogP contribution in [0.1, 0.15) is 17.4 Å². The van der Waals surface area contributed by atoms with E-state index < -0.39 is 0 Å². The second-order valence-electron chi connectivity index (χ2n) is 3.65. The summed E-state index contributed by atoms with van der Waals surface area (Å²) in [6, 6.07) is 8.13. The molecular weight excluding hydrogens is 232 g/mol. The predicted molar refractivity (Wildman–Crippen MR) is 71.2 cm³/mol. The molecule has 0 aliphatic rings. The van der Waals surface area contributed by atoms with Gasteiger partial charge in [-0.3, -0.25) is 0 Å². The Kier molecular flexibility index (Phi) is 4.53. The molecule has 3 nitrogen and oxygen atoms in total. The third kappa shape index (κ3) is 3.84. The maximum atomic E-state index is 5.65. The van der Waals surface area contributed by atoms with E-state index >= 15 is 0 Å². The van der Waals surface area contributed by atoms with E-state index in [1.165, 1.54) is 4.88 Å². The summed E-state index contributed by atoms with van der Waals surface area (Å²) in [5, 5.41) is 5.25. The van der Waals surface area contributed by atoms with Gasteiger partial charge in [-0.15, -0.1) is 11.3 Å². The van der Waals surface area contributed by atoms with Crippen molar-refractivity contribution in [3.05, 3.63) is 46.3 Å². The molecule has 2 heterocycles. The van der Waals surface area contributed by atoms with E-state index in [2.05, 4.69) is 28.7 Å². The first kappa shape index (κ1) is 12.1. The van der Waals surface area contributed by atoms with Crippen LogP contribution in [0.4, 0.5) is 5.82 Å². The molecule has 90 valence electrons. The zero-order chi connectivity index (χ0) is 11.9. The second kappa shape index (κ2) is 6.37. The van der Waals surface area contributed by atoms with E-state index in [1.54, 1.807) is 11.3 Å². The van der Waals surface area contributed by atoms with E-state index in [4.69, 9.17) is 4.74 Å². The maximum absolute atomic E-state index is 5.65. The molecule has 17 heavy (non-hydrogen) atoms. The Hall–Kier alpha value is -1.39. The van der Waals surface area contributed by atoms with Gasteiger partial charge in [-0.25, -0.2) is 4.98 Å². The Bertz CT molecular complexity index is 442. The van der Waals surface area contributed by atoms with Crippen molar-refractivity contribution in [2.75, 3.05) is 11.9 Å². The maximum Gasteiger partial charge on any atom is 0.126 e. The number of ether oxygens (including phenoxy) is 1. The van der Waals surface area contributed by atoms with Gasteiger partial charge in [0.25, 0.3) is 0 Å². The van der Waals surface area contributed by atoms with Crippen LogP contribution in [0.15, 0.2) is 35.8 Å². The highest BCUT2D eigenvalue weighted by atomic mass is 32.1. The number of nitrogens with one attached hydrogen (secondary N) is 1. The normalized spacial score (nSPS) is 10.4. The van der Waals surface area contributed by atoms with Gasteiger partial charge in [0.15, 0.2) is 0 Å². The van der Waals surface area contributed by atoms with Gasteiger partial charge in [0.2, 0.25) is 0 Å². The molecule has 0 spiro atoms. The summed E-state index contributed by atoms with van der Waals surface area (Å²) in [7, 11) is 0. The van der Waals surface area contributed by atoms with Crippen molar-refractivity contribution in [3.63, 3.8) is 0 Å². The molecule has 0 atom stereocenters. The lowest BCUT2D eigenvalue weighted by atomic mass is 10.3. The SMILES string of the molecule is CCNc1cc(COCc2cccs2)ccn1. The number of aromatic nitrogens is 1. The number of thiophene rings is 1. The van der Waals surface area contributed by atoms with Crippen molar-refractivity contribution in [1.82, 2.24) is 4.98 Å². The lowest BCUT2D eigenvalue weighted by molar-refractivity contribution is 0.109. The molecule has 0 saturated carbocycles. The Morgan fingerprint density at radius 1 is 1.35 bits per heavy atom. The topological polar surface area (TPSA) is 34.1 Å². The molecule has 4 heteroatoms. The molecule has 0 aromatic carbocycles. The predicted octanol–water partition coefficient (Wildman–Crippen LogP) is 3.29. The zero-order valence-electron chi connectivity index (χ0n) is 9.85. The van der Waals surface area contributed by atoms with E-state index in [-0.39, 0.29) is 0 Å². The standard InChI is InChI=1S/C13H16N2OS/c1-2-14-13-8-11(5-6-15-13)9-16-10-12-4-3-7-17-12/h3-8H,2,9-10H2,1H3,(H,14,15). The summed E-state index contributed by atoms with van der Waals surface area (Å²) in [6.07, 6.45) is 1.81. The van der Waals surface area contributed by atoms with Crippen molar-refractivity contribution in [1.29, 1.82) is 0 Å². The molecule has 2 rings (SSSR count). The molecule has 0 amide bonds. The number of pyridine rings is 1. The number of hydrogen-bond acceptors (Lipinski definition) is 4. The zero-order valence-corrected chi connectivity index (χ0v) is 10.7. The van der Waals surface area contributed by atoms with Gasteiger partial charge in [-0.2, -0.15) is 0 Å². The molecule has 0 saturated heterocycles. The largest absolute Gasteiger partial charge is 0.371 e. The van der Waals surface area contributed by atoms with Gasteiger partial charge in [0.1, 0.15) is 5.82 Å². The van der Waals surface area contributed by atoms with Crippen LogP contribution in [0.5, 0.6) is 0 Å². The third-order valence-electron chi connectivity index (χ3n) is 2.28. The summed E-state index contributed by atoms with van der Waals surface area (Å²) < 4.78 is 5.65. The molecule has 2 aromatic heterocycles. The van der Waals surface area contributed by atoms with Crippen molar-refractivity contribution in [2.45, 2.75) is 20.1 Å². The number of nitrogens with zero attached hydrogens (tertiary/aromatic N) is 1. The smallest absolute Gasteiger partial charge is 0.126 e. The molecule has 0 aliphatic heterocycles. The Labute approximate surface area is 105 Å². The van der Waals surface area contributed by atoms with Crippen LogP contribution in [-0.4, -0.2) is 11.5 Å². The molecule has 1 N–H and O–H groups in total. The summed E-state index contributed by atoms with van der Waals surface area (Å²) in [5.41, 5.74) is 1.15. The van der Waals surface area contributed by atoms with Crippen molar-refractivity contribution in [3.8, 4) is 0 Å². The van der Waals surface area contributed by atoms with Crippen LogP contribution >= 0.6 is 11.3 Å². The molecule has 0 fully saturated rings. The third-order valence-corrected chi connectivity index (χ3v) is 3.13. The lowest BCUT2D eigenvalue weighted by Gasteiger charge is -2.06. The van der Waals surface area contributed by atoms with Crippen LogP contribution in [0.3, 0.4) is 0 Å². The Morgan fingerprint density at radius 2 is 2.29 bits per heavy atom. The quantitative estimate of drug-likeness (QED) is 0.851. The van der Waals surface area contributed by atoms with Crippen LogP contribution in [0.2, 0.25) is 0 Å². The number of rotatable bonds is 6. The van der Waals surface area contributed by atoms with Gasteiger partial charge in [0.05, 0.1) is 13.2 Å². The minimum atomic E-state index is 0.624. The minimum absolute atomic E-state index is 0.624. The lowest BCUT2D eigenvalue weighted by Crippen LogP contribution is -2.00. The molecule has 2 aromatic rings. The molecule has 0 radical (unpaired) electrons. The number of hydrogen-bond donors (Lipinski definition) is 1. The van der Waals surface area contributed by atoms with Crippen molar-refractivity contribution in [2.24, 2.45) is 0 Å². The van der Waals surface area contributed by atoms with Gasteiger partial charge in [-0.1, -0.05) is 6.07 Å². The Balaban J connectivity index is 1.84. The van der Waals surface area contributed by atoms with Gasteiger partial charge >= 0.3 is 0 Å². The highest BCUT2D eigenvalue weighted by Crippen LogP contribution is 2.12. The van der Waals surface area contributed by atoms with E-state index in [1.807, 2.05) is 24.4 Å². The Morgan fingerprint density at radius 3 is 3.06 bits per heavy atom. The summed E-state index contributed by atoms with van der Waals surface area (Å²) in [5.74, 6) is 0.907. The first-order valence-electron chi connectivity index (χ1n) is 5.67. The summed E-state index contributed by atoms with van der Waals surface area (Å²) in [4.78, 5) is 5.48. The van der Waals surface area contributed by atoms with Gasteiger partial charge < -0.3 is 10.1 Å². The van der Waals surface area contributed by atoms with Crippen LogP contribution in [0, 0.1) is 0 Å².